The van der Waals surface area contributed by atoms with E-state index in [1.54, 1.807) is 0 Å². The molecule has 0 amide bonds. The maximum Gasteiger partial charge on any atom is 0.0541 e. The van der Waals surface area contributed by atoms with Crippen LogP contribution in [0.25, 0.3) is 135 Å². The Balaban J connectivity index is 0.979. The van der Waals surface area contributed by atoms with Crippen molar-refractivity contribution in [2.45, 2.75) is 0 Å². The summed E-state index contributed by atoms with van der Waals surface area (Å²) < 4.78 is 5.01. The number of fused-ring (bicyclic) bond motifs is 10. The third-order valence-electron chi connectivity index (χ3n) is 14.0. The van der Waals surface area contributed by atoms with Gasteiger partial charge in [-0.3, -0.25) is 0 Å². The van der Waals surface area contributed by atoms with Gasteiger partial charge in [0.05, 0.1) is 11.0 Å². The van der Waals surface area contributed by atoms with E-state index < -0.39 is 0 Å². The Labute approximate surface area is 385 Å². The first-order chi connectivity index (χ1) is 32.8. The molecule has 14 aromatic rings. The molecular formula is C64H39NS. The molecule has 0 unspecified atom stereocenters. The van der Waals surface area contributed by atoms with E-state index in [0.717, 1.165) is 0 Å². The number of rotatable bonds is 5. The summed E-state index contributed by atoms with van der Waals surface area (Å²) in [6.07, 6.45) is 0. The molecule has 2 heterocycles. The Morgan fingerprint density at radius 1 is 0.258 bits per heavy atom. The molecule has 66 heavy (non-hydrogen) atoms. The van der Waals surface area contributed by atoms with Gasteiger partial charge in [0.25, 0.3) is 0 Å². The van der Waals surface area contributed by atoms with Gasteiger partial charge in [-0.2, -0.15) is 0 Å². The minimum atomic E-state index is 1.17. The average Bonchev–Trinajstić information content (AvgIpc) is 3.93. The van der Waals surface area contributed by atoms with Crippen LogP contribution in [-0.4, -0.2) is 4.57 Å². The lowest BCUT2D eigenvalue weighted by Crippen LogP contribution is -1.93. The first-order valence-corrected chi connectivity index (χ1v) is 23.6. The van der Waals surface area contributed by atoms with E-state index in [1.807, 2.05) is 11.3 Å². The third kappa shape index (κ3) is 5.46. The first-order valence-electron chi connectivity index (χ1n) is 22.8. The number of hydrogen-bond donors (Lipinski definition) is 0. The molecule has 2 aromatic heterocycles. The van der Waals surface area contributed by atoms with Crippen LogP contribution in [0.4, 0.5) is 0 Å². The molecule has 0 saturated heterocycles. The van der Waals surface area contributed by atoms with Crippen LogP contribution in [-0.2, 0) is 0 Å². The second-order valence-electron chi connectivity index (χ2n) is 17.5. The lowest BCUT2D eigenvalue weighted by atomic mass is 9.85. The zero-order valence-electron chi connectivity index (χ0n) is 35.9. The summed E-state index contributed by atoms with van der Waals surface area (Å²) in [5.74, 6) is 0. The van der Waals surface area contributed by atoms with E-state index in [1.165, 1.54) is 135 Å². The van der Waals surface area contributed by atoms with E-state index in [2.05, 4.69) is 241 Å². The van der Waals surface area contributed by atoms with Gasteiger partial charge in [0.1, 0.15) is 0 Å². The second-order valence-corrected chi connectivity index (χ2v) is 18.5. The molecule has 306 valence electrons. The molecule has 0 atom stereocenters. The van der Waals surface area contributed by atoms with Gasteiger partial charge in [-0.15, -0.1) is 11.3 Å². The highest BCUT2D eigenvalue weighted by Crippen LogP contribution is 2.50. The van der Waals surface area contributed by atoms with E-state index in [0.29, 0.717) is 0 Å². The zero-order chi connectivity index (χ0) is 43.3. The maximum atomic E-state index is 2.46. The predicted octanol–water partition coefficient (Wildman–Crippen LogP) is 18.4. The number of thiophene rings is 1. The smallest absolute Gasteiger partial charge is 0.0541 e. The van der Waals surface area contributed by atoms with Crippen molar-refractivity contribution >= 4 is 96.4 Å². The van der Waals surface area contributed by atoms with Gasteiger partial charge in [-0.25, -0.2) is 0 Å². The topological polar surface area (TPSA) is 4.93 Å². The molecular weight excluding hydrogens is 815 g/mol. The van der Waals surface area contributed by atoms with Crippen molar-refractivity contribution in [3.63, 3.8) is 0 Å². The van der Waals surface area contributed by atoms with Gasteiger partial charge in [0.15, 0.2) is 0 Å². The van der Waals surface area contributed by atoms with Gasteiger partial charge in [-0.05, 0) is 124 Å². The van der Waals surface area contributed by atoms with E-state index in [9.17, 15) is 0 Å². The molecule has 0 aliphatic carbocycles. The van der Waals surface area contributed by atoms with Crippen LogP contribution in [0.3, 0.4) is 0 Å². The van der Waals surface area contributed by atoms with E-state index in [-0.39, 0.29) is 0 Å². The molecule has 1 nitrogen and oxygen atoms in total. The van der Waals surface area contributed by atoms with Gasteiger partial charge >= 0.3 is 0 Å². The summed E-state index contributed by atoms with van der Waals surface area (Å²) >= 11 is 1.91. The number of aromatic nitrogens is 1. The fourth-order valence-corrected chi connectivity index (χ4v) is 12.4. The SMILES string of the molecule is c1ccc(-c2c3ccccc3c(-c3cccc4c3sc3ccc(-c5c6ccccc6c(-c6ccc7c(c6)c6ccccc6n7-c6ccccc6)c6ccccc56)cc34)c3ccccc23)cc1. The summed E-state index contributed by atoms with van der Waals surface area (Å²) in [7, 11) is 0. The van der Waals surface area contributed by atoms with Crippen molar-refractivity contribution in [3.8, 4) is 50.2 Å². The quantitative estimate of drug-likeness (QED) is 0.152. The van der Waals surface area contributed by atoms with Crippen molar-refractivity contribution in [2.75, 3.05) is 0 Å². The molecule has 0 radical (unpaired) electrons. The van der Waals surface area contributed by atoms with Crippen molar-refractivity contribution in [1.82, 2.24) is 4.57 Å². The number of nitrogens with zero attached hydrogens (tertiary/aromatic N) is 1. The van der Waals surface area contributed by atoms with Gasteiger partial charge in [-0.1, -0.05) is 194 Å². The fraction of sp³-hybridized carbons (Fsp3) is 0. The first kappa shape index (κ1) is 37.1. The van der Waals surface area contributed by atoms with Crippen LogP contribution in [0.1, 0.15) is 0 Å². The fourth-order valence-electron chi connectivity index (χ4n) is 11.2. The van der Waals surface area contributed by atoms with Crippen molar-refractivity contribution in [2.24, 2.45) is 0 Å². The van der Waals surface area contributed by atoms with Crippen LogP contribution in [0.15, 0.2) is 237 Å². The minimum absolute atomic E-state index is 1.17. The molecule has 2 heteroatoms. The molecule has 0 aliphatic rings. The molecule has 0 N–H and O–H groups in total. The average molecular weight is 854 g/mol. The number of benzene rings is 12. The summed E-state index contributed by atoms with van der Waals surface area (Å²) in [5, 5.41) is 15.2. The Bertz CT molecular complexity index is 4160. The highest BCUT2D eigenvalue weighted by atomic mass is 32.1. The summed E-state index contributed by atoms with van der Waals surface area (Å²) in [5.41, 5.74) is 13.7. The van der Waals surface area contributed by atoms with Crippen LogP contribution >= 0.6 is 11.3 Å². The Morgan fingerprint density at radius 2 is 0.682 bits per heavy atom. The second kappa shape index (κ2) is 14.6. The minimum Gasteiger partial charge on any atom is -0.309 e. The third-order valence-corrected chi connectivity index (χ3v) is 15.2. The normalized spacial score (nSPS) is 11.9. The van der Waals surface area contributed by atoms with Crippen LogP contribution < -0.4 is 0 Å². The summed E-state index contributed by atoms with van der Waals surface area (Å²) in [6.45, 7) is 0. The van der Waals surface area contributed by atoms with Crippen molar-refractivity contribution in [3.05, 3.63) is 237 Å². The van der Waals surface area contributed by atoms with Crippen LogP contribution in [0, 0.1) is 0 Å². The maximum absolute atomic E-state index is 2.46. The number of para-hydroxylation sites is 2. The van der Waals surface area contributed by atoms with E-state index in [4.69, 9.17) is 0 Å². The molecule has 12 aromatic carbocycles. The highest BCUT2D eigenvalue weighted by molar-refractivity contribution is 7.26. The largest absolute Gasteiger partial charge is 0.309 e. The molecule has 0 aliphatic heterocycles. The lowest BCUT2D eigenvalue weighted by Gasteiger charge is -2.18. The lowest BCUT2D eigenvalue weighted by molar-refractivity contribution is 1.18. The highest BCUT2D eigenvalue weighted by Gasteiger charge is 2.22. The van der Waals surface area contributed by atoms with Crippen molar-refractivity contribution < 1.29 is 0 Å². The Morgan fingerprint density at radius 3 is 1.26 bits per heavy atom. The monoisotopic (exact) mass is 853 g/mol. The molecule has 0 fully saturated rings. The number of hydrogen-bond acceptors (Lipinski definition) is 1. The van der Waals surface area contributed by atoms with Crippen LogP contribution in [0.2, 0.25) is 0 Å². The van der Waals surface area contributed by atoms with Gasteiger partial charge in [0, 0.05) is 42.2 Å². The molecule has 0 spiro atoms. The summed E-state index contributed by atoms with van der Waals surface area (Å²) in [6, 6.07) is 87.6. The predicted molar refractivity (Wildman–Crippen MR) is 285 cm³/mol. The molecule has 0 saturated carbocycles. The van der Waals surface area contributed by atoms with Crippen LogP contribution in [0.5, 0.6) is 0 Å². The Hall–Kier alpha value is -8.30. The summed E-state index contributed by atoms with van der Waals surface area (Å²) in [4.78, 5) is 0. The van der Waals surface area contributed by atoms with E-state index >= 15 is 0 Å². The molecule has 14 rings (SSSR count). The standard InChI is InChI=1S/C64H39NS/c1-3-18-40(19-4-1)60-49-27-11-13-29-51(49)63(52-30-14-12-28-50(52)60)54-32-17-31-53-56-39-42(35-37-59(56)66-64(53)54)62-47-25-9-7-23-45(47)61(46-24-8-10-26-48(46)62)41-34-36-58-55(38-41)44-22-15-16-33-57(44)65(58)43-20-5-2-6-21-43/h1-39H. The Kier molecular flexibility index (Phi) is 8.22. The zero-order valence-corrected chi connectivity index (χ0v) is 36.7. The van der Waals surface area contributed by atoms with Crippen molar-refractivity contribution in [1.29, 1.82) is 0 Å². The van der Waals surface area contributed by atoms with Gasteiger partial charge in [0.2, 0.25) is 0 Å². The molecule has 0 bridgehead atoms. The van der Waals surface area contributed by atoms with Gasteiger partial charge < -0.3 is 4.57 Å².